The Kier molecular flexibility index (Phi) is 7.89. The van der Waals surface area contributed by atoms with Gasteiger partial charge in [-0.1, -0.05) is 26.0 Å². The topological polar surface area (TPSA) is 91.7 Å². The highest BCUT2D eigenvalue weighted by molar-refractivity contribution is 6.01. The molecule has 20 heavy (non-hydrogen) atoms. The molecule has 0 aliphatic rings. The lowest BCUT2D eigenvalue weighted by molar-refractivity contribution is -0.120. The lowest BCUT2D eigenvalue weighted by Gasteiger charge is -2.04. The number of benzene rings is 1. The molecule has 0 unspecified atom stereocenters. The molecule has 110 valence electrons. The molecule has 0 saturated heterocycles. The third kappa shape index (κ3) is 5.65. The molecule has 0 radical (unpaired) electrons. The summed E-state index contributed by atoms with van der Waals surface area (Å²) in [6.07, 6.45) is 1.98. The summed E-state index contributed by atoms with van der Waals surface area (Å²) >= 11 is 0. The molecule has 0 fully saturated rings. The summed E-state index contributed by atoms with van der Waals surface area (Å²) in [7, 11) is 0. The molecule has 0 saturated carbocycles. The lowest BCUT2D eigenvalue weighted by atomic mass is 10.00. The van der Waals surface area contributed by atoms with Crippen molar-refractivity contribution in [2.75, 3.05) is 0 Å². The quantitative estimate of drug-likeness (QED) is 0.864. The summed E-state index contributed by atoms with van der Waals surface area (Å²) in [6.45, 7) is 5.77. The van der Waals surface area contributed by atoms with E-state index in [2.05, 4.69) is 13.8 Å². The number of carboxylic acid groups (broad SMARTS) is 2. The fourth-order valence-corrected chi connectivity index (χ4v) is 1.72. The second-order valence-electron chi connectivity index (χ2n) is 4.28. The lowest BCUT2D eigenvalue weighted by Crippen LogP contribution is -2.07. The van der Waals surface area contributed by atoms with Gasteiger partial charge >= 0.3 is 11.9 Å². The van der Waals surface area contributed by atoms with Crippen LogP contribution in [0.2, 0.25) is 0 Å². The van der Waals surface area contributed by atoms with Crippen molar-refractivity contribution in [3.05, 3.63) is 35.4 Å². The molecule has 0 amide bonds. The van der Waals surface area contributed by atoms with Gasteiger partial charge in [0.2, 0.25) is 0 Å². The number of rotatable bonds is 5. The normalized spacial score (nSPS) is 9.60. The third-order valence-electron chi connectivity index (χ3n) is 2.95. The van der Waals surface area contributed by atoms with Crippen molar-refractivity contribution in [3.63, 3.8) is 0 Å². The first-order valence-corrected chi connectivity index (χ1v) is 6.41. The molecule has 0 bridgehead atoms. The highest BCUT2D eigenvalue weighted by Crippen LogP contribution is 2.08. The van der Waals surface area contributed by atoms with Crippen LogP contribution in [0.25, 0.3) is 0 Å². The molecular weight excluding hydrogens is 260 g/mol. The standard InChI is InChI=1S/C8H6O4.C7H14O/c9-7(10)5-3-1-2-4-6(5)8(11)12;1-4-7(5-2)6(3)8/h1-4H,(H,9,10)(H,11,12);7H,4-5H2,1-3H3. The molecular formula is C15H20O5. The first-order valence-electron chi connectivity index (χ1n) is 6.41. The van der Waals surface area contributed by atoms with E-state index in [1.807, 2.05) is 0 Å². The van der Waals surface area contributed by atoms with Crippen molar-refractivity contribution >= 4 is 17.7 Å². The highest BCUT2D eigenvalue weighted by Gasteiger charge is 2.13. The van der Waals surface area contributed by atoms with Crippen LogP contribution >= 0.6 is 0 Å². The Hall–Kier alpha value is -2.17. The Labute approximate surface area is 118 Å². The van der Waals surface area contributed by atoms with Crippen molar-refractivity contribution in [3.8, 4) is 0 Å². The zero-order valence-corrected chi connectivity index (χ0v) is 11.9. The van der Waals surface area contributed by atoms with Crippen LogP contribution in [-0.2, 0) is 4.79 Å². The number of aromatic carboxylic acids is 2. The van der Waals surface area contributed by atoms with Crippen LogP contribution in [0.4, 0.5) is 0 Å². The summed E-state index contributed by atoms with van der Waals surface area (Å²) < 4.78 is 0. The van der Waals surface area contributed by atoms with Crippen molar-refractivity contribution < 1.29 is 24.6 Å². The molecule has 1 aromatic rings. The van der Waals surface area contributed by atoms with E-state index in [9.17, 15) is 14.4 Å². The fraction of sp³-hybridized carbons (Fsp3) is 0.400. The van der Waals surface area contributed by atoms with E-state index in [0.717, 1.165) is 12.8 Å². The number of Topliss-reactive ketones (excluding diaryl/α,β-unsaturated/α-hetero) is 1. The van der Waals surface area contributed by atoms with E-state index in [-0.39, 0.29) is 11.1 Å². The monoisotopic (exact) mass is 280 g/mol. The van der Waals surface area contributed by atoms with Crippen LogP contribution in [0.1, 0.15) is 54.3 Å². The first kappa shape index (κ1) is 17.8. The van der Waals surface area contributed by atoms with Gasteiger partial charge in [-0.2, -0.15) is 0 Å². The minimum Gasteiger partial charge on any atom is -0.478 e. The molecule has 0 aliphatic carbocycles. The average Bonchev–Trinajstić information content (AvgIpc) is 2.40. The predicted octanol–water partition coefficient (Wildman–Crippen LogP) is 3.09. The maximum atomic E-state index is 10.6. The maximum absolute atomic E-state index is 10.6. The van der Waals surface area contributed by atoms with E-state index in [1.165, 1.54) is 24.3 Å². The number of carbonyl (C=O) groups excluding carboxylic acids is 1. The Bertz CT molecular complexity index is 442. The van der Waals surface area contributed by atoms with Gasteiger partial charge < -0.3 is 10.2 Å². The Morgan fingerprint density at radius 1 is 0.950 bits per heavy atom. The molecule has 1 rings (SSSR count). The number of hydrogen-bond donors (Lipinski definition) is 2. The van der Waals surface area contributed by atoms with E-state index < -0.39 is 11.9 Å². The average molecular weight is 280 g/mol. The number of carbonyl (C=O) groups is 3. The van der Waals surface area contributed by atoms with Gasteiger partial charge in [-0.3, -0.25) is 4.79 Å². The first-order chi connectivity index (χ1) is 9.34. The number of hydrogen-bond acceptors (Lipinski definition) is 3. The summed E-state index contributed by atoms with van der Waals surface area (Å²) in [4.78, 5) is 31.5. The molecule has 0 spiro atoms. The van der Waals surface area contributed by atoms with Crippen LogP contribution in [0.15, 0.2) is 24.3 Å². The molecule has 0 aliphatic heterocycles. The van der Waals surface area contributed by atoms with Gasteiger partial charge in [-0.05, 0) is 31.9 Å². The largest absolute Gasteiger partial charge is 0.478 e. The van der Waals surface area contributed by atoms with Gasteiger partial charge in [0.15, 0.2) is 0 Å². The zero-order valence-electron chi connectivity index (χ0n) is 11.9. The molecule has 0 heterocycles. The Balaban J connectivity index is 0.000000396. The SMILES string of the molecule is CCC(CC)C(C)=O.O=C(O)c1ccccc1C(=O)O. The van der Waals surface area contributed by atoms with Crippen LogP contribution in [0.5, 0.6) is 0 Å². The summed E-state index contributed by atoms with van der Waals surface area (Å²) in [6, 6.07) is 5.48. The van der Waals surface area contributed by atoms with Crippen molar-refractivity contribution in [1.29, 1.82) is 0 Å². The predicted molar refractivity (Wildman–Crippen MR) is 75.1 cm³/mol. The molecule has 5 heteroatoms. The Morgan fingerprint density at radius 2 is 1.30 bits per heavy atom. The highest BCUT2D eigenvalue weighted by atomic mass is 16.4. The number of carboxylic acids is 2. The van der Waals surface area contributed by atoms with Crippen LogP contribution in [-0.4, -0.2) is 27.9 Å². The summed E-state index contributed by atoms with van der Waals surface area (Å²) in [5.74, 6) is -1.81. The van der Waals surface area contributed by atoms with Crippen LogP contribution < -0.4 is 0 Å². The van der Waals surface area contributed by atoms with Crippen molar-refractivity contribution in [2.24, 2.45) is 5.92 Å². The second-order valence-corrected chi connectivity index (χ2v) is 4.28. The minimum atomic E-state index is -1.23. The van der Waals surface area contributed by atoms with Crippen molar-refractivity contribution in [1.82, 2.24) is 0 Å². The molecule has 0 aromatic heterocycles. The van der Waals surface area contributed by atoms with Crippen LogP contribution in [0.3, 0.4) is 0 Å². The molecule has 2 N–H and O–H groups in total. The van der Waals surface area contributed by atoms with E-state index >= 15 is 0 Å². The molecule has 1 aromatic carbocycles. The smallest absolute Gasteiger partial charge is 0.336 e. The van der Waals surface area contributed by atoms with Crippen LogP contribution in [0, 0.1) is 5.92 Å². The van der Waals surface area contributed by atoms with Gasteiger partial charge in [0.1, 0.15) is 5.78 Å². The van der Waals surface area contributed by atoms with Crippen molar-refractivity contribution in [2.45, 2.75) is 33.6 Å². The van der Waals surface area contributed by atoms with E-state index in [4.69, 9.17) is 10.2 Å². The summed E-state index contributed by atoms with van der Waals surface area (Å²) in [5, 5.41) is 17.1. The van der Waals surface area contributed by atoms with Gasteiger partial charge in [0.25, 0.3) is 0 Å². The van der Waals surface area contributed by atoms with Gasteiger partial charge in [0.05, 0.1) is 11.1 Å². The van der Waals surface area contributed by atoms with Gasteiger partial charge in [-0.15, -0.1) is 0 Å². The fourth-order valence-electron chi connectivity index (χ4n) is 1.72. The second kappa shape index (κ2) is 8.85. The maximum Gasteiger partial charge on any atom is 0.336 e. The third-order valence-corrected chi connectivity index (χ3v) is 2.95. The minimum absolute atomic E-state index is 0.190. The van der Waals surface area contributed by atoms with E-state index in [1.54, 1.807) is 6.92 Å². The molecule has 0 atom stereocenters. The zero-order chi connectivity index (χ0) is 15.7. The Morgan fingerprint density at radius 3 is 1.45 bits per heavy atom. The van der Waals surface area contributed by atoms with Gasteiger partial charge in [-0.25, -0.2) is 9.59 Å². The number of ketones is 1. The molecule has 5 nitrogen and oxygen atoms in total. The van der Waals surface area contributed by atoms with Gasteiger partial charge in [0, 0.05) is 5.92 Å². The summed E-state index contributed by atoms with van der Waals surface area (Å²) in [5.41, 5.74) is -0.380. The van der Waals surface area contributed by atoms with E-state index in [0.29, 0.717) is 11.7 Å².